The number of nitrogens with one attached hydrogen (secondary N) is 1. The molecule has 0 unspecified atom stereocenters. The van der Waals surface area contributed by atoms with Crippen molar-refractivity contribution in [1.29, 1.82) is 0 Å². The van der Waals surface area contributed by atoms with Crippen LogP contribution in [0.5, 0.6) is 0 Å². The van der Waals surface area contributed by atoms with E-state index in [2.05, 4.69) is 9.62 Å². The van der Waals surface area contributed by atoms with Gasteiger partial charge in [-0.2, -0.15) is 11.8 Å². The molecule has 1 aromatic rings. The quantitative estimate of drug-likeness (QED) is 0.782. The SMILES string of the molecule is Nc1cc(Cl)cc(S(=O)(=O)NCCN2CCSCC2)c1F. The van der Waals surface area contributed by atoms with Gasteiger partial charge in [0.05, 0.1) is 5.69 Å². The van der Waals surface area contributed by atoms with E-state index in [1.54, 1.807) is 0 Å². The van der Waals surface area contributed by atoms with Crippen molar-refractivity contribution in [2.24, 2.45) is 0 Å². The molecule has 1 saturated heterocycles. The summed E-state index contributed by atoms with van der Waals surface area (Å²) in [5, 5.41) is 0.0855. The number of rotatable bonds is 5. The summed E-state index contributed by atoms with van der Waals surface area (Å²) in [4.78, 5) is 1.66. The monoisotopic (exact) mass is 353 g/mol. The zero-order valence-corrected chi connectivity index (χ0v) is 13.7. The number of hydrogen-bond acceptors (Lipinski definition) is 5. The molecule has 0 bridgehead atoms. The van der Waals surface area contributed by atoms with E-state index in [0.29, 0.717) is 6.54 Å². The van der Waals surface area contributed by atoms with Gasteiger partial charge < -0.3 is 10.6 Å². The highest BCUT2D eigenvalue weighted by Crippen LogP contribution is 2.25. The maximum Gasteiger partial charge on any atom is 0.243 e. The second kappa shape index (κ2) is 7.15. The Labute approximate surface area is 133 Å². The van der Waals surface area contributed by atoms with E-state index >= 15 is 0 Å². The summed E-state index contributed by atoms with van der Waals surface area (Å²) >= 11 is 7.62. The molecular formula is C12H17ClFN3O2S2. The number of anilines is 1. The predicted octanol–water partition coefficient (Wildman–Crippen LogP) is 1.39. The number of nitrogen functional groups attached to an aromatic ring is 1. The summed E-state index contributed by atoms with van der Waals surface area (Å²) in [5.74, 6) is 1.12. The van der Waals surface area contributed by atoms with E-state index < -0.39 is 20.7 Å². The van der Waals surface area contributed by atoms with Crippen molar-refractivity contribution in [3.05, 3.63) is 23.0 Å². The molecule has 0 atom stereocenters. The summed E-state index contributed by atoms with van der Waals surface area (Å²) in [7, 11) is -3.96. The van der Waals surface area contributed by atoms with Gasteiger partial charge in [0.1, 0.15) is 4.90 Å². The lowest BCUT2D eigenvalue weighted by Gasteiger charge is -2.26. The molecule has 1 aliphatic heterocycles. The first-order chi connectivity index (χ1) is 9.90. The minimum atomic E-state index is -3.96. The third-order valence-electron chi connectivity index (χ3n) is 3.15. The van der Waals surface area contributed by atoms with Gasteiger partial charge in [0, 0.05) is 42.7 Å². The van der Waals surface area contributed by atoms with Crippen molar-refractivity contribution in [3.63, 3.8) is 0 Å². The van der Waals surface area contributed by atoms with E-state index in [4.69, 9.17) is 17.3 Å². The first-order valence-electron chi connectivity index (χ1n) is 6.44. The highest BCUT2D eigenvalue weighted by molar-refractivity contribution is 7.99. The molecule has 1 heterocycles. The Morgan fingerprint density at radius 2 is 2.05 bits per heavy atom. The first-order valence-corrected chi connectivity index (χ1v) is 9.46. The number of benzene rings is 1. The lowest BCUT2D eigenvalue weighted by molar-refractivity contribution is 0.307. The number of halogens is 2. The lowest BCUT2D eigenvalue weighted by Crippen LogP contribution is -2.39. The molecule has 0 amide bonds. The Morgan fingerprint density at radius 3 is 2.71 bits per heavy atom. The van der Waals surface area contributed by atoms with Gasteiger partial charge in [0.25, 0.3) is 0 Å². The first kappa shape index (κ1) is 16.8. The molecule has 1 fully saturated rings. The second-order valence-electron chi connectivity index (χ2n) is 4.66. The highest BCUT2D eigenvalue weighted by atomic mass is 35.5. The Kier molecular flexibility index (Phi) is 5.73. The highest BCUT2D eigenvalue weighted by Gasteiger charge is 2.22. The summed E-state index contributed by atoms with van der Waals surface area (Å²) < 4.78 is 40.5. The minimum Gasteiger partial charge on any atom is -0.396 e. The number of sulfonamides is 1. The fraction of sp³-hybridized carbons (Fsp3) is 0.500. The van der Waals surface area contributed by atoms with E-state index in [9.17, 15) is 12.8 Å². The largest absolute Gasteiger partial charge is 0.396 e. The van der Waals surface area contributed by atoms with Crippen LogP contribution < -0.4 is 10.5 Å². The maximum atomic E-state index is 13.8. The molecular weight excluding hydrogens is 337 g/mol. The summed E-state index contributed by atoms with van der Waals surface area (Å²) in [6.07, 6.45) is 0. The molecule has 2 rings (SSSR count). The van der Waals surface area contributed by atoms with E-state index in [1.165, 1.54) is 6.07 Å². The Hall–Kier alpha value is -0.540. The predicted molar refractivity (Wildman–Crippen MR) is 84.8 cm³/mol. The van der Waals surface area contributed by atoms with Crippen molar-refractivity contribution >= 4 is 39.1 Å². The molecule has 21 heavy (non-hydrogen) atoms. The standard InChI is InChI=1S/C12H17ClFN3O2S2/c13-9-7-10(15)12(14)11(8-9)21(18,19)16-1-2-17-3-5-20-6-4-17/h7-8,16H,1-6,15H2. The van der Waals surface area contributed by atoms with Crippen molar-refractivity contribution in [2.45, 2.75) is 4.90 Å². The van der Waals surface area contributed by atoms with Crippen LogP contribution in [0, 0.1) is 5.82 Å². The van der Waals surface area contributed by atoms with Crippen molar-refractivity contribution in [3.8, 4) is 0 Å². The smallest absolute Gasteiger partial charge is 0.243 e. The molecule has 1 aromatic carbocycles. The minimum absolute atomic E-state index is 0.0855. The van der Waals surface area contributed by atoms with Crippen molar-refractivity contribution in [2.75, 3.05) is 43.4 Å². The average molecular weight is 354 g/mol. The topological polar surface area (TPSA) is 75.4 Å². The van der Waals surface area contributed by atoms with Crippen LogP contribution in [0.3, 0.4) is 0 Å². The molecule has 5 nitrogen and oxygen atoms in total. The Morgan fingerprint density at radius 1 is 1.38 bits per heavy atom. The molecule has 0 saturated carbocycles. The third kappa shape index (κ3) is 4.46. The molecule has 118 valence electrons. The fourth-order valence-electron chi connectivity index (χ4n) is 2.02. The maximum absolute atomic E-state index is 13.8. The molecule has 3 N–H and O–H groups in total. The van der Waals surface area contributed by atoms with Gasteiger partial charge >= 0.3 is 0 Å². The van der Waals surface area contributed by atoms with Gasteiger partial charge in [-0.25, -0.2) is 17.5 Å². The van der Waals surface area contributed by atoms with Gasteiger partial charge in [-0.1, -0.05) is 11.6 Å². The molecule has 0 aromatic heterocycles. The molecule has 0 spiro atoms. The number of nitrogens with two attached hydrogens (primary N) is 1. The lowest BCUT2D eigenvalue weighted by atomic mass is 10.3. The summed E-state index contributed by atoms with van der Waals surface area (Å²) in [5.41, 5.74) is 5.12. The van der Waals surface area contributed by atoms with Crippen LogP contribution in [-0.2, 0) is 10.0 Å². The van der Waals surface area contributed by atoms with Gasteiger partial charge in [-0.15, -0.1) is 0 Å². The van der Waals surface area contributed by atoms with E-state index in [-0.39, 0.29) is 17.3 Å². The number of thioether (sulfide) groups is 1. The van der Waals surface area contributed by atoms with Crippen molar-refractivity contribution in [1.82, 2.24) is 9.62 Å². The molecule has 9 heteroatoms. The van der Waals surface area contributed by atoms with Crippen molar-refractivity contribution < 1.29 is 12.8 Å². The summed E-state index contributed by atoms with van der Waals surface area (Å²) in [6.45, 7) is 2.69. The van der Waals surface area contributed by atoms with Crippen LogP contribution in [0.4, 0.5) is 10.1 Å². The van der Waals surface area contributed by atoms with Crippen LogP contribution in [-0.4, -0.2) is 51.0 Å². The van der Waals surface area contributed by atoms with Crippen LogP contribution in [0.25, 0.3) is 0 Å². The van der Waals surface area contributed by atoms with Gasteiger partial charge in [0.2, 0.25) is 10.0 Å². The van der Waals surface area contributed by atoms with Crippen LogP contribution in [0.1, 0.15) is 0 Å². The average Bonchev–Trinajstić information content (AvgIpc) is 2.43. The number of hydrogen-bond donors (Lipinski definition) is 2. The normalized spacial score (nSPS) is 17.0. The zero-order valence-electron chi connectivity index (χ0n) is 11.3. The van der Waals surface area contributed by atoms with E-state index in [1.807, 2.05) is 11.8 Å². The Bertz CT molecular complexity index is 607. The molecule has 0 aliphatic carbocycles. The van der Waals surface area contributed by atoms with Gasteiger partial charge in [0.15, 0.2) is 5.82 Å². The van der Waals surface area contributed by atoms with Crippen LogP contribution in [0.2, 0.25) is 5.02 Å². The fourth-order valence-corrected chi connectivity index (χ4v) is 4.44. The second-order valence-corrected chi connectivity index (χ2v) is 8.06. The number of nitrogens with zero attached hydrogens (tertiary/aromatic N) is 1. The zero-order chi connectivity index (χ0) is 15.5. The van der Waals surface area contributed by atoms with Gasteiger partial charge in [-0.05, 0) is 12.1 Å². The van der Waals surface area contributed by atoms with Crippen LogP contribution >= 0.6 is 23.4 Å². The molecule has 1 aliphatic rings. The molecule has 0 radical (unpaired) electrons. The third-order valence-corrected chi connectivity index (χ3v) is 5.77. The van der Waals surface area contributed by atoms with Crippen LogP contribution in [0.15, 0.2) is 17.0 Å². The van der Waals surface area contributed by atoms with Gasteiger partial charge in [-0.3, -0.25) is 0 Å². The van der Waals surface area contributed by atoms with E-state index in [0.717, 1.165) is 30.7 Å². The summed E-state index contributed by atoms with van der Waals surface area (Å²) in [6, 6.07) is 2.24. The Balaban J connectivity index is 2.01.